The van der Waals surface area contributed by atoms with Crippen molar-refractivity contribution in [2.75, 3.05) is 7.11 Å². The van der Waals surface area contributed by atoms with E-state index in [1.807, 2.05) is 26.8 Å². The van der Waals surface area contributed by atoms with E-state index in [4.69, 9.17) is 4.74 Å². The first-order valence-corrected chi connectivity index (χ1v) is 9.11. The van der Waals surface area contributed by atoms with Crippen LogP contribution in [0.3, 0.4) is 0 Å². The van der Waals surface area contributed by atoms with Gasteiger partial charge in [-0.3, -0.25) is 24.5 Å². The van der Waals surface area contributed by atoms with Gasteiger partial charge < -0.3 is 10.1 Å². The van der Waals surface area contributed by atoms with E-state index in [-0.39, 0.29) is 6.54 Å². The largest absolute Gasteiger partial charge is 0.468 e. The quantitative estimate of drug-likeness (QED) is 0.574. The molecular weight excluding hydrogens is 376 g/mol. The molecule has 1 amide bonds. The van der Waals surface area contributed by atoms with Gasteiger partial charge in [0.1, 0.15) is 12.1 Å². The van der Waals surface area contributed by atoms with E-state index in [1.54, 1.807) is 24.3 Å². The van der Waals surface area contributed by atoms with E-state index >= 15 is 0 Å². The van der Waals surface area contributed by atoms with Crippen LogP contribution in [0.4, 0.5) is 0 Å². The summed E-state index contributed by atoms with van der Waals surface area (Å²) in [6, 6.07) is 8.13. The van der Waals surface area contributed by atoms with E-state index in [0.717, 1.165) is 0 Å². The van der Waals surface area contributed by atoms with Crippen molar-refractivity contribution < 1.29 is 14.3 Å². The maximum Gasteiger partial charge on any atom is 0.328 e. The second kappa shape index (κ2) is 9.33. The Morgan fingerprint density at radius 3 is 2.34 bits per heavy atom. The number of rotatable bonds is 7. The van der Waals surface area contributed by atoms with Crippen molar-refractivity contribution in [3.63, 3.8) is 0 Å². The van der Waals surface area contributed by atoms with Crippen LogP contribution < -0.4 is 21.9 Å². The van der Waals surface area contributed by atoms with Crippen LogP contribution in [0.2, 0.25) is 0 Å². The lowest BCUT2D eigenvalue weighted by Crippen LogP contribution is -2.54. The Kier molecular flexibility index (Phi) is 7.11. The number of esters is 1. The molecule has 0 aliphatic carbocycles. The zero-order chi connectivity index (χ0) is 21.6. The van der Waals surface area contributed by atoms with E-state index < -0.39 is 40.7 Å². The van der Waals surface area contributed by atoms with Gasteiger partial charge in [0.15, 0.2) is 0 Å². The number of nitrogens with zero attached hydrogens (tertiary/aromatic N) is 1. The molecule has 156 valence electrons. The van der Waals surface area contributed by atoms with Crippen molar-refractivity contribution >= 4 is 11.9 Å². The molecule has 9 heteroatoms. The first-order valence-electron chi connectivity index (χ1n) is 9.11. The number of benzene rings is 1. The van der Waals surface area contributed by atoms with Crippen molar-refractivity contribution in [3.8, 4) is 0 Å². The van der Waals surface area contributed by atoms with Gasteiger partial charge in [-0.15, -0.1) is 0 Å². The normalized spacial score (nSPS) is 13.4. The molecule has 0 bridgehead atoms. The third-order valence-corrected chi connectivity index (χ3v) is 4.03. The van der Waals surface area contributed by atoms with E-state index in [1.165, 1.54) is 23.9 Å². The maximum atomic E-state index is 12.9. The number of ether oxygens (including phenoxy) is 1. The number of aromatic nitrogens is 2. The van der Waals surface area contributed by atoms with Crippen LogP contribution in [0.1, 0.15) is 32.4 Å². The summed E-state index contributed by atoms with van der Waals surface area (Å²) in [5.74, 6) is -0.973. The highest BCUT2D eigenvalue weighted by molar-refractivity contribution is 5.84. The van der Waals surface area contributed by atoms with E-state index in [0.29, 0.717) is 5.56 Å². The van der Waals surface area contributed by atoms with Crippen LogP contribution in [0.5, 0.6) is 0 Å². The Morgan fingerprint density at radius 1 is 1.14 bits per heavy atom. The predicted molar refractivity (Wildman–Crippen MR) is 107 cm³/mol. The average molecular weight is 402 g/mol. The molecule has 2 unspecified atom stereocenters. The minimum atomic E-state index is -0.956. The Morgan fingerprint density at radius 2 is 1.79 bits per heavy atom. The summed E-state index contributed by atoms with van der Waals surface area (Å²) in [5.41, 5.74) is -1.10. The van der Waals surface area contributed by atoms with Crippen LogP contribution in [-0.2, 0) is 20.9 Å². The highest BCUT2D eigenvalue weighted by Crippen LogP contribution is 2.16. The molecule has 1 aromatic carbocycles. The fourth-order valence-corrected chi connectivity index (χ4v) is 2.72. The van der Waals surface area contributed by atoms with Gasteiger partial charge in [-0.25, -0.2) is 9.59 Å². The number of carbonyl (C=O) groups excluding carboxylic acids is 2. The van der Waals surface area contributed by atoms with Gasteiger partial charge in [-0.1, -0.05) is 30.3 Å². The maximum absolute atomic E-state index is 12.9. The molecule has 3 N–H and O–H groups in total. The van der Waals surface area contributed by atoms with Crippen molar-refractivity contribution in [2.24, 2.45) is 0 Å². The number of amides is 1. The molecule has 0 saturated carbocycles. The topological polar surface area (TPSA) is 122 Å². The number of aromatic amines is 1. The molecule has 9 nitrogen and oxygen atoms in total. The van der Waals surface area contributed by atoms with Gasteiger partial charge in [-0.2, -0.15) is 0 Å². The van der Waals surface area contributed by atoms with Crippen molar-refractivity contribution in [1.82, 2.24) is 20.2 Å². The molecule has 0 aliphatic rings. The first-order chi connectivity index (χ1) is 13.6. The monoisotopic (exact) mass is 402 g/mol. The Bertz CT molecular complexity index is 959. The van der Waals surface area contributed by atoms with Gasteiger partial charge in [0.05, 0.1) is 13.7 Å². The van der Waals surface area contributed by atoms with Gasteiger partial charge in [0.25, 0.3) is 5.56 Å². The van der Waals surface area contributed by atoms with Crippen molar-refractivity contribution in [2.45, 2.75) is 44.9 Å². The molecule has 0 saturated heterocycles. The lowest BCUT2D eigenvalue weighted by molar-refractivity contribution is -0.143. The van der Waals surface area contributed by atoms with Gasteiger partial charge in [0.2, 0.25) is 5.91 Å². The fourth-order valence-electron chi connectivity index (χ4n) is 2.72. The number of hydrogen-bond acceptors (Lipinski definition) is 6. The minimum Gasteiger partial charge on any atom is -0.468 e. The summed E-state index contributed by atoms with van der Waals surface area (Å²) in [6.45, 7) is 5.37. The Labute approximate surface area is 168 Å². The fraction of sp³-hybridized carbons (Fsp3) is 0.400. The van der Waals surface area contributed by atoms with Gasteiger partial charge in [0, 0.05) is 17.8 Å². The Hall–Kier alpha value is -3.20. The SMILES string of the molecule is COC(=O)C(NC(Cn1ccc(=O)[nH]c1=O)C(=O)NC(C)(C)C)c1ccccc1. The van der Waals surface area contributed by atoms with Gasteiger partial charge in [-0.05, 0) is 26.3 Å². The molecule has 1 aromatic heterocycles. The van der Waals surface area contributed by atoms with Crippen LogP contribution in [0, 0.1) is 0 Å². The summed E-state index contributed by atoms with van der Waals surface area (Å²) in [7, 11) is 1.26. The molecular formula is C20H26N4O5. The average Bonchev–Trinajstić information content (AvgIpc) is 2.65. The summed E-state index contributed by atoms with van der Waals surface area (Å²) in [4.78, 5) is 50.8. The van der Waals surface area contributed by atoms with E-state index in [2.05, 4.69) is 15.6 Å². The second-order valence-electron chi connectivity index (χ2n) is 7.59. The summed E-state index contributed by atoms with van der Waals surface area (Å²) in [5, 5.41) is 5.84. The highest BCUT2D eigenvalue weighted by atomic mass is 16.5. The zero-order valence-corrected chi connectivity index (χ0v) is 16.9. The number of nitrogens with one attached hydrogen (secondary N) is 3. The predicted octanol–water partition coefficient (Wildman–Crippen LogP) is 0.324. The third-order valence-electron chi connectivity index (χ3n) is 4.03. The second-order valence-corrected chi connectivity index (χ2v) is 7.59. The lowest BCUT2D eigenvalue weighted by atomic mass is 10.0. The van der Waals surface area contributed by atoms with Crippen molar-refractivity contribution in [1.29, 1.82) is 0 Å². The number of carbonyl (C=O) groups is 2. The third kappa shape index (κ3) is 6.42. The molecule has 0 aliphatic heterocycles. The number of methoxy groups -OCH3 is 1. The molecule has 29 heavy (non-hydrogen) atoms. The number of hydrogen-bond donors (Lipinski definition) is 3. The molecule has 0 fully saturated rings. The lowest BCUT2D eigenvalue weighted by Gasteiger charge is -2.28. The van der Waals surface area contributed by atoms with Gasteiger partial charge >= 0.3 is 11.7 Å². The molecule has 2 atom stereocenters. The van der Waals surface area contributed by atoms with Crippen LogP contribution in [0.25, 0.3) is 0 Å². The summed E-state index contributed by atoms with van der Waals surface area (Å²) in [6.07, 6.45) is 1.30. The smallest absolute Gasteiger partial charge is 0.328 e. The van der Waals surface area contributed by atoms with Crippen LogP contribution in [0.15, 0.2) is 52.2 Å². The molecule has 0 spiro atoms. The summed E-state index contributed by atoms with van der Waals surface area (Å²) < 4.78 is 6.08. The minimum absolute atomic E-state index is 0.0994. The highest BCUT2D eigenvalue weighted by Gasteiger charge is 2.30. The standard InChI is InChI=1S/C20H26N4O5/c1-20(2,3)23-17(26)14(12-24-11-10-15(25)22-19(24)28)21-16(18(27)29-4)13-8-6-5-7-9-13/h5-11,14,16,21H,12H2,1-4H3,(H,23,26)(H,22,25,28). The zero-order valence-electron chi connectivity index (χ0n) is 16.9. The number of H-pyrrole nitrogens is 1. The molecule has 0 radical (unpaired) electrons. The van der Waals surface area contributed by atoms with Crippen LogP contribution >= 0.6 is 0 Å². The Balaban J connectivity index is 2.39. The van der Waals surface area contributed by atoms with Crippen molar-refractivity contribution in [3.05, 3.63) is 69.0 Å². The van der Waals surface area contributed by atoms with Crippen LogP contribution in [-0.4, -0.2) is 40.1 Å². The summed E-state index contributed by atoms with van der Waals surface area (Å²) >= 11 is 0. The first kappa shape index (κ1) is 22.1. The van der Waals surface area contributed by atoms with E-state index in [9.17, 15) is 19.2 Å². The molecule has 2 aromatic rings. The molecule has 2 rings (SSSR count). The molecule has 1 heterocycles.